The average molecular weight is 258 g/mol. The summed E-state index contributed by atoms with van der Waals surface area (Å²) in [6.07, 6.45) is 1.51. The standard InChI is InChI=1S/C10H14N2O2S2/c1-6(14)7(2)16-9-8(5-13)12-3-4-15-10(12)11-9/h3-4,6-7,13-14H,5H2,1-2H3. The molecular weight excluding hydrogens is 244 g/mol. The van der Waals surface area contributed by atoms with Gasteiger partial charge in [-0.1, -0.05) is 18.7 Å². The molecule has 2 rings (SSSR count). The second kappa shape index (κ2) is 4.75. The summed E-state index contributed by atoms with van der Waals surface area (Å²) >= 11 is 3.04. The van der Waals surface area contributed by atoms with E-state index in [1.165, 1.54) is 23.1 Å². The number of aliphatic hydroxyl groups is 2. The summed E-state index contributed by atoms with van der Waals surface area (Å²) in [5, 5.41) is 21.6. The van der Waals surface area contributed by atoms with E-state index >= 15 is 0 Å². The maximum Gasteiger partial charge on any atom is 0.195 e. The Hall–Kier alpha value is -0.560. The summed E-state index contributed by atoms with van der Waals surface area (Å²) in [4.78, 5) is 5.32. The van der Waals surface area contributed by atoms with E-state index in [9.17, 15) is 10.2 Å². The highest BCUT2D eigenvalue weighted by atomic mass is 32.2. The Morgan fingerprint density at radius 2 is 2.31 bits per heavy atom. The number of hydrogen-bond acceptors (Lipinski definition) is 5. The lowest BCUT2D eigenvalue weighted by atomic mass is 10.3. The minimum atomic E-state index is -0.392. The molecule has 2 aromatic heterocycles. The smallest absolute Gasteiger partial charge is 0.195 e. The second-order valence-corrected chi connectivity index (χ2v) is 5.88. The number of aromatic nitrogens is 2. The number of hydrogen-bond donors (Lipinski definition) is 2. The van der Waals surface area contributed by atoms with Gasteiger partial charge in [-0.05, 0) is 6.92 Å². The molecule has 0 aromatic carbocycles. The van der Waals surface area contributed by atoms with Crippen LogP contribution in [0.3, 0.4) is 0 Å². The van der Waals surface area contributed by atoms with E-state index in [1.54, 1.807) is 6.92 Å². The third-order valence-electron chi connectivity index (χ3n) is 2.45. The third kappa shape index (κ3) is 2.10. The first kappa shape index (κ1) is 11.9. The topological polar surface area (TPSA) is 57.8 Å². The van der Waals surface area contributed by atoms with Crippen molar-refractivity contribution in [3.63, 3.8) is 0 Å². The summed E-state index contributed by atoms with van der Waals surface area (Å²) in [5.41, 5.74) is 0.800. The maximum atomic E-state index is 9.46. The van der Waals surface area contributed by atoms with Gasteiger partial charge in [0.25, 0.3) is 0 Å². The number of aliphatic hydroxyl groups excluding tert-OH is 2. The summed E-state index contributed by atoms with van der Waals surface area (Å²) in [6.45, 7) is 3.67. The molecule has 6 heteroatoms. The van der Waals surface area contributed by atoms with E-state index in [0.717, 1.165) is 15.7 Å². The van der Waals surface area contributed by atoms with Gasteiger partial charge in [0.05, 0.1) is 18.4 Å². The lowest BCUT2D eigenvalue weighted by Gasteiger charge is -2.12. The van der Waals surface area contributed by atoms with Gasteiger partial charge < -0.3 is 10.2 Å². The minimum absolute atomic E-state index is 0.0350. The molecule has 0 saturated heterocycles. The zero-order chi connectivity index (χ0) is 11.7. The summed E-state index contributed by atoms with van der Waals surface area (Å²) in [7, 11) is 0. The van der Waals surface area contributed by atoms with Crippen molar-refractivity contribution >= 4 is 28.1 Å². The number of nitrogens with zero attached hydrogens (tertiary/aromatic N) is 2. The molecule has 4 nitrogen and oxygen atoms in total. The van der Waals surface area contributed by atoms with Crippen LogP contribution in [0.5, 0.6) is 0 Å². The molecule has 0 aliphatic heterocycles. The SMILES string of the molecule is CC(O)C(C)Sc1nc2sccn2c1CO. The molecule has 0 aliphatic carbocycles. The zero-order valence-electron chi connectivity index (χ0n) is 9.12. The van der Waals surface area contributed by atoms with Gasteiger partial charge in [-0.2, -0.15) is 0 Å². The number of rotatable bonds is 4. The highest BCUT2D eigenvalue weighted by molar-refractivity contribution is 7.99. The van der Waals surface area contributed by atoms with Crippen LogP contribution in [0.4, 0.5) is 0 Å². The Morgan fingerprint density at radius 3 is 2.94 bits per heavy atom. The number of fused-ring (bicyclic) bond motifs is 1. The molecule has 2 aromatic rings. The fourth-order valence-corrected chi connectivity index (χ4v) is 3.10. The lowest BCUT2D eigenvalue weighted by molar-refractivity contribution is 0.196. The van der Waals surface area contributed by atoms with Crippen LogP contribution in [-0.4, -0.2) is 31.0 Å². The van der Waals surface area contributed by atoms with Crippen LogP contribution in [-0.2, 0) is 6.61 Å². The van der Waals surface area contributed by atoms with Crippen LogP contribution in [0.2, 0.25) is 0 Å². The Balaban J connectivity index is 2.32. The van der Waals surface area contributed by atoms with E-state index in [1.807, 2.05) is 22.9 Å². The van der Waals surface area contributed by atoms with Crippen molar-refractivity contribution < 1.29 is 10.2 Å². The predicted molar refractivity (Wildman–Crippen MR) is 66.0 cm³/mol. The first-order valence-electron chi connectivity index (χ1n) is 5.03. The largest absolute Gasteiger partial charge is 0.392 e. The van der Waals surface area contributed by atoms with Gasteiger partial charge in [0.1, 0.15) is 5.03 Å². The highest BCUT2D eigenvalue weighted by Crippen LogP contribution is 2.30. The van der Waals surface area contributed by atoms with Crippen molar-refractivity contribution in [2.24, 2.45) is 0 Å². The quantitative estimate of drug-likeness (QED) is 0.820. The van der Waals surface area contributed by atoms with Crippen LogP contribution < -0.4 is 0 Å². The van der Waals surface area contributed by atoms with Crippen LogP contribution in [0.25, 0.3) is 4.96 Å². The molecule has 0 amide bonds. The molecule has 2 atom stereocenters. The number of thioether (sulfide) groups is 1. The van der Waals surface area contributed by atoms with Crippen molar-refractivity contribution in [2.45, 2.75) is 36.8 Å². The monoisotopic (exact) mass is 258 g/mol. The Kier molecular flexibility index (Phi) is 3.53. The maximum absolute atomic E-state index is 9.46. The molecule has 0 fully saturated rings. The van der Waals surface area contributed by atoms with Crippen molar-refractivity contribution in [3.05, 3.63) is 17.3 Å². The normalized spacial score (nSPS) is 15.5. The molecule has 0 spiro atoms. The van der Waals surface area contributed by atoms with Gasteiger partial charge in [-0.25, -0.2) is 4.98 Å². The van der Waals surface area contributed by atoms with Crippen molar-refractivity contribution in [1.29, 1.82) is 0 Å². The molecule has 16 heavy (non-hydrogen) atoms. The van der Waals surface area contributed by atoms with Crippen LogP contribution in [0.15, 0.2) is 16.6 Å². The molecule has 2 heterocycles. The molecule has 0 aliphatic rings. The molecule has 0 bridgehead atoms. The zero-order valence-corrected chi connectivity index (χ0v) is 10.8. The summed E-state index contributed by atoms with van der Waals surface area (Å²) in [5.74, 6) is 0. The summed E-state index contributed by atoms with van der Waals surface area (Å²) < 4.78 is 1.89. The van der Waals surface area contributed by atoms with Crippen LogP contribution >= 0.6 is 23.1 Å². The van der Waals surface area contributed by atoms with E-state index in [0.29, 0.717) is 0 Å². The van der Waals surface area contributed by atoms with Crippen LogP contribution in [0, 0.1) is 0 Å². The predicted octanol–water partition coefficient (Wildman–Crippen LogP) is 1.75. The molecule has 2 N–H and O–H groups in total. The van der Waals surface area contributed by atoms with E-state index in [-0.39, 0.29) is 11.9 Å². The van der Waals surface area contributed by atoms with E-state index < -0.39 is 6.10 Å². The van der Waals surface area contributed by atoms with Crippen molar-refractivity contribution in [1.82, 2.24) is 9.38 Å². The van der Waals surface area contributed by atoms with Crippen molar-refractivity contribution in [3.8, 4) is 0 Å². The molecule has 0 saturated carbocycles. The summed E-state index contributed by atoms with van der Waals surface area (Å²) in [6, 6.07) is 0. The van der Waals surface area contributed by atoms with E-state index in [4.69, 9.17) is 0 Å². The minimum Gasteiger partial charge on any atom is -0.392 e. The second-order valence-electron chi connectivity index (χ2n) is 3.64. The van der Waals surface area contributed by atoms with Gasteiger partial charge in [-0.15, -0.1) is 11.3 Å². The van der Waals surface area contributed by atoms with Gasteiger partial charge in [0.2, 0.25) is 0 Å². The van der Waals surface area contributed by atoms with Gasteiger partial charge >= 0.3 is 0 Å². The fraction of sp³-hybridized carbons (Fsp3) is 0.500. The number of imidazole rings is 1. The molecular formula is C10H14N2O2S2. The van der Waals surface area contributed by atoms with E-state index in [2.05, 4.69) is 4.98 Å². The first-order chi connectivity index (χ1) is 7.63. The van der Waals surface area contributed by atoms with Gasteiger partial charge in [0, 0.05) is 16.8 Å². The average Bonchev–Trinajstić information content (AvgIpc) is 2.77. The van der Waals surface area contributed by atoms with Gasteiger partial charge in [-0.3, -0.25) is 4.40 Å². The Labute approximate surface area is 102 Å². The molecule has 88 valence electrons. The molecule has 2 unspecified atom stereocenters. The Morgan fingerprint density at radius 1 is 1.56 bits per heavy atom. The first-order valence-corrected chi connectivity index (χ1v) is 6.79. The third-order valence-corrected chi connectivity index (χ3v) is 4.52. The highest BCUT2D eigenvalue weighted by Gasteiger charge is 2.17. The fourth-order valence-electron chi connectivity index (χ4n) is 1.33. The number of thiazole rings is 1. The Bertz CT molecular complexity index is 478. The van der Waals surface area contributed by atoms with Gasteiger partial charge in [0.15, 0.2) is 4.96 Å². The van der Waals surface area contributed by atoms with Crippen molar-refractivity contribution in [2.75, 3.05) is 0 Å². The molecule has 0 radical (unpaired) electrons. The van der Waals surface area contributed by atoms with Crippen LogP contribution in [0.1, 0.15) is 19.5 Å². The lowest BCUT2D eigenvalue weighted by Crippen LogP contribution is -2.15.